The van der Waals surface area contributed by atoms with Gasteiger partial charge in [0, 0.05) is 45.0 Å². The first kappa shape index (κ1) is 27.0. The highest BCUT2D eigenvalue weighted by Crippen LogP contribution is 2.34. The minimum atomic E-state index is -4.46. The third kappa shape index (κ3) is 7.08. The fourth-order valence-electron chi connectivity index (χ4n) is 5.59. The summed E-state index contributed by atoms with van der Waals surface area (Å²) in [5, 5.41) is 6.72. The largest absolute Gasteiger partial charge is 0.416 e. The van der Waals surface area contributed by atoms with E-state index in [4.69, 9.17) is 0 Å². The van der Waals surface area contributed by atoms with Crippen molar-refractivity contribution >= 4 is 11.6 Å². The van der Waals surface area contributed by atoms with Crippen LogP contribution in [-0.4, -0.2) is 55.0 Å². The van der Waals surface area contributed by atoms with Crippen molar-refractivity contribution in [3.05, 3.63) is 64.7 Å². The van der Waals surface area contributed by atoms with E-state index in [-0.39, 0.29) is 24.6 Å². The number of alkyl halides is 3. The number of benzene rings is 2. The van der Waals surface area contributed by atoms with Crippen LogP contribution < -0.4 is 10.6 Å². The number of rotatable bonds is 12. The number of carbonyl (C=O) groups is 1. The summed E-state index contributed by atoms with van der Waals surface area (Å²) >= 11 is 0. The number of amides is 1. The topological polar surface area (TPSA) is 47.6 Å². The summed E-state index contributed by atoms with van der Waals surface area (Å²) in [6.45, 7) is 4.93. The van der Waals surface area contributed by atoms with E-state index in [0.717, 1.165) is 43.7 Å². The highest BCUT2D eigenvalue weighted by molar-refractivity contribution is 5.81. The summed E-state index contributed by atoms with van der Waals surface area (Å²) in [7, 11) is 0. The molecule has 0 radical (unpaired) electrons. The second-order valence-corrected chi connectivity index (χ2v) is 11.2. The molecule has 1 amide bonds. The maximum absolute atomic E-state index is 13.6. The summed E-state index contributed by atoms with van der Waals surface area (Å²) in [5.74, 6) is 1.33. The van der Waals surface area contributed by atoms with E-state index in [1.165, 1.54) is 61.9 Å². The van der Waals surface area contributed by atoms with Crippen molar-refractivity contribution in [1.82, 2.24) is 15.1 Å². The van der Waals surface area contributed by atoms with Crippen LogP contribution in [-0.2, 0) is 30.5 Å². The standard InChI is InChI=1S/C30H39F3N4O/c31-30(32,33)27-9-2-1-7-25(27)21-37(16-14-34-17-22-5-3-6-22)29(38)18-35-28-10-4-8-24-20-36(15-13-26(24)28)19-23-11-12-23/h1-2,4,7-10,22-23,34-35H,3,5-6,11-21H2. The summed E-state index contributed by atoms with van der Waals surface area (Å²) < 4.78 is 40.9. The molecule has 5 nitrogen and oxygen atoms in total. The van der Waals surface area contributed by atoms with Crippen molar-refractivity contribution in [2.75, 3.05) is 44.6 Å². The van der Waals surface area contributed by atoms with Crippen LogP contribution in [0.4, 0.5) is 18.9 Å². The first-order valence-electron chi connectivity index (χ1n) is 14.1. The van der Waals surface area contributed by atoms with E-state index in [9.17, 15) is 18.0 Å². The number of carbonyl (C=O) groups excluding carboxylic acids is 1. The Morgan fingerprint density at radius 2 is 1.84 bits per heavy atom. The summed E-state index contributed by atoms with van der Waals surface area (Å²) in [6.07, 6.45) is 2.87. The molecule has 3 aliphatic rings. The van der Waals surface area contributed by atoms with Gasteiger partial charge in [0.2, 0.25) is 5.91 Å². The van der Waals surface area contributed by atoms with Gasteiger partial charge in [-0.2, -0.15) is 13.2 Å². The average molecular weight is 529 g/mol. The number of hydrogen-bond donors (Lipinski definition) is 2. The lowest BCUT2D eigenvalue weighted by Gasteiger charge is -2.30. The van der Waals surface area contributed by atoms with Crippen LogP contribution in [0.1, 0.15) is 54.4 Å². The van der Waals surface area contributed by atoms with Crippen molar-refractivity contribution in [2.24, 2.45) is 11.8 Å². The molecule has 206 valence electrons. The molecule has 0 unspecified atom stereocenters. The molecule has 2 aliphatic carbocycles. The molecule has 2 N–H and O–H groups in total. The van der Waals surface area contributed by atoms with E-state index >= 15 is 0 Å². The lowest BCUT2D eigenvalue weighted by molar-refractivity contribution is -0.139. The fraction of sp³-hybridized carbons (Fsp3) is 0.567. The van der Waals surface area contributed by atoms with Gasteiger partial charge in [0.15, 0.2) is 0 Å². The normalized spacial score (nSPS) is 18.1. The Bertz CT molecular complexity index is 1100. The van der Waals surface area contributed by atoms with Gasteiger partial charge >= 0.3 is 6.18 Å². The maximum atomic E-state index is 13.6. The number of anilines is 1. The van der Waals surface area contributed by atoms with Gasteiger partial charge in [-0.25, -0.2) is 0 Å². The van der Waals surface area contributed by atoms with Crippen LogP contribution in [0.5, 0.6) is 0 Å². The Balaban J connectivity index is 1.23. The van der Waals surface area contributed by atoms with Gasteiger partial charge in [-0.05, 0) is 79.3 Å². The SMILES string of the molecule is O=C(CNc1cccc2c1CCN(CC1CC1)C2)N(CCNCC1CCC1)Cc1ccccc1C(F)(F)F. The summed E-state index contributed by atoms with van der Waals surface area (Å²) in [5.41, 5.74) is 2.95. The van der Waals surface area contributed by atoms with Gasteiger partial charge in [0.1, 0.15) is 0 Å². The molecule has 2 fully saturated rings. The second kappa shape index (κ2) is 12.1. The second-order valence-electron chi connectivity index (χ2n) is 11.2. The number of fused-ring (bicyclic) bond motifs is 1. The third-order valence-corrected chi connectivity index (χ3v) is 8.24. The lowest BCUT2D eigenvalue weighted by atomic mass is 9.85. The Morgan fingerprint density at radius 3 is 2.58 bits per heavy atom. The molecule has 1 aliphatic heterocycles. The molecule has 8 heteroatoms. The number of nitrogens with one attached hydrogen (secondary N) is 2. The van der Waals surface area contributed by atoms with E-state index in [0.29, 0.717) is 19.0 Å². The minimum Gasteiger partial charge on any atom is -0.376 e. The maximum Gasteiger partial charge on any atom is 0.416 e. The zero-order chi connectivity index (χ0) is 26.5. The highest BCUT2D eigenvalue weighted by atomic mass is 19.4. The van der Waals surface area contributed by atoms with Gasteiger partial charge < -0.3 is 15.5 Å². The lowest BCUT2D eigenvalue weighted by Crippen LogP contribution is -2.41. The molecule has 0 spiro atoms. The molecule has 5 rings (SSSR count). The van der Waals surface area contributed by atoms with E-state index in [1.54, 1.807) is 11.0 Å². The molecule has 2 aromatic rings. The van der Waals surface area contributed by atoms with Gasteiger partial charge in [0.25, 0.3) is 0 Å². The molecule has 0 atom stereocenters. The predicted octanol–water partition coefficient (Wildman–Crippen LogP) is 5.30. The first-order chi connectivity index (χ1) is 18.4. The molecule has 2 aromatic carbocycles. The van der Waals surface area contributed by atoms with Gasteiger partial charge in [-0.1, -0.05) is 36.8 Å². The Hall–Kier alpha value is -2.58. The first-order valence-corrected chi connectivity index (χ1v) is 14.1. The Kier molecular flexibility index (Phi) is 8.58. The van der Waals surface area contributed by atoms with Crippen molar-refractivity contribution in [2.45, 2.75) is 57.8 Å². The van der Waals surface area contributed by atoms with Crippen LogP contribution in [0, 0.1) is 11.8 Å². The predicted molar refractivity (Wildman–Crippen MR) is 144 cm³/mol. The Labute approximate surface area is 223 Å². The molecule has 38 heavy (non-hydrogen) atoms. The zero-order valence-electron chi connectivity index (χ0n) is 22.0. The van der Waals surface area contributed by atoms with Gasteiger partial charge in [0.05, 0.1) is 12.1 Å². The monoisotopic (exact) mass is 528 g/mol. The smallest absolute Gasteiger partial charge is 0.376 e. The molecular weight excluding hydrogens is 489 g/mol. The van der Waals surface area contributed by atoms with Crippen molar-refractivity contribution in [1.29, 1.82) is 0 Å². The van der Waals surface area contributed by atoms with Crippen molar-refractivity contribution < 1.29 is 18.0 Å². The molecule has 0 bridgehead atoms. The molecule has 0 saturated heterocycles. The molecule has 0 aromatic heterocycles. The van der Waals surface area contributed by atoms with Crippen LogP contribution in [0.15, 0.2) is 42.5 Å². The van der Waals surface area contributed by atoms with Crippen molar-refractivity contribution in [3.8, 4) is 0 Å². The molecular formula is C30H39F3N4O. The van der Waals surface area contributed by atoms with Gasteiger partial charge in [-0.15, -0.1) is 0 Å². The van der Waals surface area contributed by atoms with E-state index < -0.39 is 11.7 Å². The molecule has 2 saturated carbocycles. The summed E-state index contributed by atoms with van der Waals surface area (Å²) in [4.78, 5) is 17.4. The number of halogens is 3. The van der Waals surface area contributed by atoms with Gasteiger partial charge in [-0.3, -0.25) is 9.69 Å². The highest BCUT2D eigenvalue weighted by Gasteiger charge is 2.33. The number of nitrogens with zero attached hydrogens (tertiary/aromatic N) is 2. The molecule has 1 heterocycles. The zero-order valence-corrected chi connectivity index (χ0v) is 22.0. The van der Waals surface area contributed by atoms with Crippen LogP contribution >= 0.6 is 0 Å². The van der Waals surface area contributed by atoms with Crippen LogP contribution in [0.2, 0.25) is 0 Å². The van der Waals surface area contributed by atoms with Crippen LogP contribution in [0.3, 0.4) is 0 Å². The van der Waals surface area contributed by atoms with Crippen LogP contribution in [0.25, 0.3) is 0 Å². The third-order valence-electron chi connectivity index (χ3n) is 8.24. The van der Waals surface area contributed by atoms with E-state index in [2.05, 4.69) is 21.6 Å². The quantitative estimate of drug-likeness (QED) is 0.367. The van der Waals surface area contributed by atoms with E-state index in [1.807, 2.05) is 12.1 Å². The summed E-state index contributed by atoms with van der Waals surface area (Å²) in [6, 6.07) is 11.7. The fourth-order valence-corrected chi connectivity index (χ4v) is 5.59. The number of hydrogen-bond acceptors (Lipinski definition) is 4. The average Bonchev–Trinajstić information content (AvgIpc) is 3.68. The Morgan fingerprint density at radius 1 is 1.03 bits per heavy atom. The van der Waals surface area contributed by atoms with Crippen molar-refractivity contribution in [3.63, 3.8) is 0 Å². The minimum absolute atomic E-state index is 0.0546.